The van der Waals surface area contributed by atoms with Crippen LogP contribution in [0.4, 0.5) is 0 Å². The van der Waals surface area contributed by atoms with Gasteiger partial charge in [-0.3, -0.25) is 4.79 Å². The maximum Gasteiger partial charge on any atom is 0.247 e. The number of hydrogen-bond acceptors (Lipinski definition) is 4. The zero-order chi connectivity index (χ0) is 19.2. The van der Waals surface area contributed by atoms with Gasteiger partial charge in [0.2, 0.25) is 5.91 Å². The molecule has 0 saturated carbocycles. The van der Waals surface area contributed by atoms with E-state index in [2.05, 4.69) is 0 Å². The molecule has 0 aliphatic carbocycles. The van der Waals surface area contributed by atoms with Crippen LogP contribution in [0.3, 0.4) is 0 Å². The minimum Gasteiger partial charge on any atom is -0.497 e. The first-order chi connectivity index (χ1) is 13.1. The highest BCUT2D eigenvalue weighted by atomic mass is 16.5. The maximum atomic E-state index is 12.8. The molecular weight excluding hydrogens is 342 g/mol. The van der Waals surface area contributed by atoms with Crippen molar-refractivity contribution in [1.82, 2.24) is 4.90 Å². The van der Waals surface area contributed by atoms with Gasteiger partial charge in [-0.2, -0.15) is 0 Å². The van der Waals surface area contributed by atoms with Crippen LogP contribution in [0.25, 0.3) is 6.08 Å². The molecule has 2 aromatic rings. The second-order valence-corrected chi connectivity index (χ2v) is 6.44. The van der Waals surface area contributed by atoms with Gasteiger partial charge >= 0.3 is 0 Å². The highest BCUT2D eigenvalue weighted by molar-refractivity contribution is 5.92. The van der Waals surface area contributed by atoms with Crippen LogP contribution in [-0.2, 0) is 4.79 Å². The number of rotatable bonds is 6. The number of amides is 1. The molecule has 0 spiro atoms. The summed E-state index contributed by atoms with van der Waals surface area (Å²) >= 11 is 0. The molecule has 2 aromatic carbocycles. The normalized spacial score (nSPS) is 16.6. The molecule has 5 heteroatoms. The second kappa shape index (κ2) is 8.62. The predicted octanol–water partition coefficient (Wildman–Crippen LogP) is 4.09. The summed E-state index contributed by atoms with van der Waals surface area (Å²) in [5.41, 5.74) is 2.00. The third kappa shape index (κ3) is 4.42. The highest BCUT2D eigenvalue weighted by Crippen LogP contribution is 2.33. The van der Waals surface area contributed by atoms with E-state index in [1.54, 1.807) is 39.5 Å². The van der Waals surface area contributed by atoms with Gasteiger partial charge in [0, 0.05) is 18.7 Å². The molecule has 1 saturated heterocycles. The number of nitrogens with zero attached hydrogens (tertiary/aromatic N) is 1. The number of methoxy groups -OCH3 is 3. The van der Waals surface area contributed by atoms with Gasteiger partial charge in [0.25, 0.3) is 0 Å². The molecule has 5 nitrogen and oxygen atoms in total. The summed E-state index contributed by atoms with van der Waals surface area (Å²) in [6.07, 6.45) is 5.40. The molecule has 142 valence electrons. The van der Waals surface area contributed by atoms with Crippen LogP contribution < -0.4 is 14.2 Å². The van der Waals surface area contributed by atoms with Crippen molar-refractivity contribution in [3.05, 3.63) is 59.7 Å². The number of likely N-dealkylation sites (tertiary alicyclic amines) is 1. The largest absolute Gasteiger partial charge is 0.497 e. The zero-order valence-corrected chi connectivity index (χ0v) is 16.0. The molecule has 3 rings (SSSR count). The van der Waals surface area contributed by atoms with E-state index in [1.807, 2.05) is 41.3 Å². The fourth-order valence-corrected chi connectivity index (χ4v) is 3.39. The van der Waals surface area contributed by atoms with Crippen molar-refractivity contribution in [3.8, 4) is 17.2 Å². The lowest BCUT2D eigenvalue weighted by Crippen LogP contribution is -2.28. The fraction of sp³-hybridized carbons (Fsp3) is 0.318. The molecule has 0 aromatic heterocycles. The van der Waals surface area contributed by atoms with Crippen molar-refractivity contribution < 1.29 is 19.0 Å². The van der Waals surface area contributed by atoms with Gasteiger partial charge in [-0.15, -0.1) is 0 Å². The van der Waals surface area contributed by atoms with Crippen LogP contribution in [0, 0.1) is 0 Å². The van der Waals surface area contributed by atoms with E-state index in [-0.39, 0.29) is 11.9 Å². The Morgan fingerprint density at radius 2 is 1.59 bits per heavy atom. The Morgan fingerprint density at radius 3 is 2.19 bits per heavy atom. The Labute approximate surface area is 160 Å². The van der Waals surface area contributed by atoms with Gasteiger partial charge in [-0.25, -0.2) is 0 Å². The number of carbonyl (C=O) groups excluding carboxylic acids is 1. The highest BCUT2D eigenvalue weighted by Gasteiger charge is 2.28. The van der Waals surface area contributed by atoms with Crippen molar-refractivity contribution in [2.45, 2.75) is 18.9 Å². The summed E-state index contributed by atoms with van der Waals surface area (Å²) in [6.45, 7) is 0.765. The number of hydrogen-bond donors (Lipinski definition) is 0. The number of benzene rings is 2. The van der Waals surface area contributed by atoms with Crippen LogP contribution in [-0.4, -0.2) is 38.7 Å². The molecule has 1 amide bonds. The van der Waals surface area contributed by atoms with E-state index in [1.165, 1.54) is 0 Å². The summed E-state index contributed by atoms with van der Waals surface area (Å²) in [5.74, 6) is 2.22. The molecule has 1 aliphatic rings. The number of ether oxygens (including phenoxy) is 3. The Bertz CT molecular complexity index is 791. The average molecular weight is 367 g/mol. The summed E-state index contributed by atoms with van der Waals surface area (Å²) in [6, 6.07) is 13.6. The quantitative estimate of drug-likeness (QED) is 0.722. The molecule has 1 heterocycles. The third-order valence-corrected chi connectivity index (χ3v) is 4.83. The standard InChI is InChI=1S/C22H25NO4/c1-25-18-9-7-17(8-10-18)21-5-4-12-23(21)22(24)11-6-16-13-19(26-2)15-20(14-16)27-3/h6-11,13-15,21H,4-5,12H2,1-3H3. The fourth-order valence-electron chi connectivity index (χ4n) is 3.39. The first kappa shape index (κ1) is 18.8. The maximum absolute atomic E-state index is 12.8. The van der Waals surface area contributed by atoms with Gasteiger partial charge < -0.3 is 19.1 Å². The summed E-state index contributed by atoms with van der Waals surface area (Å²) < 4.78 is 15.8. The lowest BCUT2D eigenvalue weighted by atomic mass is 10.0. The van der Waals surface area contributed by atoms with Crippen LogP contribution in [0.15, 0.2) is 48.5 Å². The molecule has 1 unspecified atom stereocenters. The number of carbonyl (C=O) groups is 1. The van der Waals surface area contributed by atoms with Crippen molar-refractivity contribution in [3.63, 3.8) is 0 Å². The third-order valence-electron chi connectivity index (χ3n) is 4.83. The monoisotopic (exact) mass is 367 g/mol. The Morgan fingerprint density at radius 1 is 0.963 bits per heavy atom. The van der Waals surface area contributed by atoms with Crippen molar-refractivity contribution >= 4 is 12.0 Å². The predicted molar refractivity (Wildman–Crippen MR) is 105 cm³/mol. The van der Waals surface area contributed by atoms with E-state index in [4.69, 9.17) is 14.2 Å². The molecule has 1 aliphatic heterocycles. The van der Waals surface area contributed by atoms with Gasteiger partial charge in [0.1, 0.15) is 17.2 Å². The molecule has 0 radical (unpaired) electrons. The molecular formula is C22H25NO4. The zero-order valence-electron chi connectivity index (χ0n) is 16.0. The van der Waals surface area contributed by atoms with Crippen molar-refractivity contribution in [1.29, 1.82) is 0 Å². The van der Waals surface area contributed by atoms with Gasteiger partial charge in [0.15, 0.2) is 0 Å². The van der Waals surface area contributed by atoms with E-state index in [9.17, 15) is 4.79 Å². The first-order valence-corrected chi connectivity index (χ1v) is 9.00. The minimum absolute atomic E-state index is 0.00936. The Balaban J connectivity index is 1.75. The Kier molecular flexibility index (Phi) is 6.01. The second-order valence-electron chi connectivity index (χ2n) is 6.44. The smallest absolute Gasteiger partial charge is 0.247 e. The molecule has 1 atom stereocenters. The molecule has 0 bridgehead atoms. The van der Waals surface area contributed by atoms with E-state index >= 15 is 0 Å². The average Bonchev–Trinajstić information content (AvgIpc) is 3.21. The molecule has 27 heavy (non-hydrogen) atoms. The van der Waals surface area contributed by atoms with Crippen LogP contribution in [0.5, 0.6) is 17.2 Å². The lowest BCUT2D eigenvalue weighted by Gasteiger charge is -2.24. The summed E-state index contributed by atoms with van der Waals surface area (Å²) in [7, 11) is 4.87. The van der Waals surface area contributed by atoms with E-state index < -0.39 is 0 Å². The van der Waals surface area contributed by atoms with Gasteiger partial charge in [0.05, 0.1) is 27.4 Å². The summed E-state index contributed by atoms with van der Waals surface area (Å²) in [4.78, 5) is 14.7. The van der Waals surface area contributed by atoms with Crippen LogP contribution in [0.2, 0.25) is 0 Å². The molecule has 0 N–H and O–H groups in total. The van der Waals surface area contributed by atoms with Crippen LogP contribution >= 0.6 is 0 Å². The van der Waals surface area contributed by atoms with E-state index in [0.29, 0.717) is 11.5 Å². The summed E-state index contributed by atoms with van der Waals surface area (Å²) in [5, 5.41) is 0. The topological polar surface area (TPSA) is 48.0 Å². The Hall–Kier alpha value is -2.95. The van der Waals surface area contributed by atoms with Gasteiger partial charge in [-0.05, 0) is 54.3 Å². The van der Waals surface area contributed by atoms with Crippen LogP contribution in [0.1, 0.15) is 30.0 Å². The van der Waals surface area contributed by atoms with Crippen molar-refractivity contribution in [2.24, 2.45) is 0 Å². The molecule has 1 fully saturated rings. The first-order valence-electron chi connectivity index (χ1n) is 9.00. The van der Waals surface area contributed by atoms with Gasteiger partial charge in [-0.1, -0.05) is 12.1 Å². The SMILES string of the molecule is COc1ccc(C2CCCN2C(=O)C=Cc2cc(OC)cc(OC)c2)cc1. The van der Waals surface area contributed by atoms with E-state index in [0.717, 1.165) is 36.3 Å². The lowest BCUT2D eigenvalue weighted by molar-refractivity contribution is -0.126. The van der Waals surface area contributed by atoms with Crippen molar-refractivity contribution in [2.75, 3.05) is 27.9 Å². The minimum atomic E-state index is 0.00936.